The number of fused-ring (bicyclic) bond motifs is 1. The van der Waals surface area contributed by atoms with Gasteiger partial charge in [0.05, 0.1) is 18.0 Å². The maximum atomic E-state index is 13.7. The molecule has 5 aromatic rings. The predicted molar refractivity (Wildman–Crippen MR) is 127 cm³/mol. The Kier molecular flexibility index (Phi) is 6.05. The summed E-state index contributed by atoms with van der Waals surface area (Å²) < 4.78 is 35.7. The summed E-state index contributed by atoms with van der Waals surface area (Å²) in [5.74, 6) is 0.827. The monoisotopic (exact) mass is 491 g/mol. The van der Waals surface area contributed by atoms with Gasteiger partial charge < -0.3 is 9.73 Å². The van der Waals surface area contributed by atoms with E-state index in [0.717, 1.165) is 34.1 Å². The lowest BCUT2D eigenvalue weighted by Gasteiger charge is -2.13. The van der Waals surface area contributed by atoms with Crippen LogP contribution < -0.4 is 5.32 Å². The molecule has 0 aromatic carbocycles. The van der Waals surface area contributed by atoms with Crippen LogP contribution in [0.4, 0.5) is 8.78 Å². The van der Waals surface area contributed by atoms with E-state index >= 15 is 0 Å². The summed E-state index contributed by atoms with van der Waals surface area (Å²) in [6.07, 6.45) is 3.88. The van der Waals surface area contributed by atoms with Crippen molar-refractivity contribution in [2.75, 3.05) is 0 Å². The molecule has 0 saturated heterocycles. The SMILES string of the molecule is CCc1cc(C)ncc1CNC(=O)c1cc(-n2nncc2C(F)F)c2ncc(-c3ccc(C)o3)n2c1. The van der Waals surface area contributed by atoms with Gasteiger partial charge in [0.2, 0.25) is 0 Å². The summed E-state index contributed by atoms with van der Waals surface area (Å²) in [6.45, 7) is 6.03. The van der Waals surface area contributed by atoms with Crippen molar-refractivity contribution in [1.29, 1.82) is 0 Å². The van der Waals surface area contributed by atoms with Crippen LogP contribution in [0.25, 0.3) is 22.8 Å². The lowest BCUT2D eigenvalue weighted by molar-refractivity contribution is 0.0950. The first-order valence-electron chi connectivity index (χ1n) is 11.3. The van der Waals surface area contributed by atoms with Crippen molar-refractivity contribution in [1.82, 2.24) is 34.7 Å². The number of pyridine rings is 2. The first-order valence-corrected chi connectivity index (χ1v) is 11.3. The number of carbonyl (C=O) groups is 1. The van der Waals surface area contributed by atoms with E-state index in [1.165, 1.54) is 6.07 Å². The molecule has 0 atom stereocenters. The third kappa shape index (κ3) is 4.23. The van der Waals surface area contributed by atoms with Crippen LogP contribution >= 0.6 is 0 Å². The smallest absolute Gasteiger partial charge is 0.282 e. The second kappa shape index (κ2) is 9.33. The van der Waals surface area contributed by atoms with Gasteiger partial charge in [0.15, 0.2) is 11.4 Å². The molecule has 9 nitrogen and oxygen atoms in total. The number of alkyl halides is 2. The van der Waals surface area contributed by atoms with Gasteiger partial charge in [-0.05, 0) is 55.7 Å². The zero-order valence-corrected chi connectivity index (χ0v) is 19.9. The lowest BCUT2D eigenvalue weighted by Crippen LogP contribution is -2.24. The summed E-state index contributed by atoms with van der Waals surface area (Å²) >= 11 is 0. The number of halogens is 2. The number of hydrogen-bond acceptors (Lipinski definition) is 6. The van der Waals surface area contributed by atoms with Gasteiger partial charge in [-0.3, -0.25) is 14.2 Å². The summed E-state index contributed by atoms with van der Waals surface area (Å²) in [5.41, 5.74) is 3.79. The highest BCUT2D eigenvalue weighted by molar-refractivity contribution is 5.95. The highest BCUT2D eigenvalue weighted by atomic mass is 19.3. The van der Waals surface area contributed by atoms with E-state index in [1.54, 1.807) is 35.1 Å². The maximum Gasteiger partial charge on any atom is 0.282 e. The Bertz CT molecular complexity index is 1570. The number of imidazole rings is 1. The van der Waals surface area contributed by atoms with Gasteiger partial charge >= 0.3 is 0 Å². The number of rotatable bonds is 7. The molecule has 0 aliphatic heterocycles. The van der Waals surface area contributed by atoms with Crippen LogP contribution in [0, 0.1) is 13.8 Å². The molecular formula is C25H23F2N7O2. The number of nitrogens with one attached hydrogen (secondary N) is 1. The minimum atomic E-state index is -2.82. The molecule has 0 saturated carbocycles. The third-order valence-corrected chi connectivity index (χ3v) is 5.91. The normalized spacial score (nSPS) is 11.5. The number of hydrogen-bond donors (Lipinski definition) is 1. The molecule has 11 heteroatoms. The van der Waals surface area contributed by atoms with Crippen molar-refractivity contribution in [3.8, 4) is 17.1 Å². The van der Waals surface area contributed by atoms with Crippen molar-refractivity contribution in [3.05, 3.63) is 82.9 Å². The Balaban J connectivity index is 1.59. The quantitative estimate of drug-likeness (QED) is 0.357. The molecule has 1 amide bonds. The Morgan fingerprint density at radius 3 is 2.67 bits per heavy atom. The molecule has 184 valence electrons. The van der Waals surface area contributed by atoms with E-state index in [9.17, 15) is 13.6 Å². The highest BCUT2D eigenvalue weighted by Gasteiger charge is 2.22. The van der Waals surface area contributed by atoms with Crippen molar-refractivity contribution in [2.45, 2.75) is 40.2 Å². The second-order valence-electron chi connectivity index (χ2n) is 8.36. The van der Waals surface area contributed by atoms with Crippen molar-refractivity contribution in [3.63, 3.8) is 0 Å². The fraction of sp³-hybridized carbons (Fsp3) is 0.240. The number of aromatic nitrogens is 6. The van der Waals surface area contributed by atoms with Crippen LogP contribution in [0.5, 0.6) is 0 Å². The standard InChI is InChI=1S/C25H23F2N7O2/c1-4-16-7-14(2)28-9-18(16)10-30-25(35)17-8-19(34-21(23(26)27)12-31-32-34)24-29-11-20(33(24)13-17)22-6-5-15(3)36-22/h5-9,11-13,23H,4,10H2,1-3H3,(H,30,35). The molecular weight excluding hydrogens is 468 g/mol. The molecule has 0 aliphatic carbocycles. The zero-order valence-electron chi connectivity index (χ0n) is 19.9. The number of nitrogens with zero attached hydrogens (tertiary/aromatic N) is 6. The fourth-order valence-electron chi connectivity index (χ4n) is 4.09. The van der Waals surface area contributed by atoms with Gasteiger partial charge in [0, 0.05) is 24.6 Å². The van der Waals surface area contributed by atoms with Crippen LogP contribution in [0.2, 0.25) is 0 Å². The topological polar surface area (TPSA) is 103 Å². The number of amides is 1. The predicted octanol–water partition coefficient (Wildman–Crippen LogP) is 4.62. The van der Waals surface area contributed by atoms with E-state index in [0.29, 0.717) is 22.9 Å². The lowest BCUT2D eigenvalue weighted by atomic mass is 10.1. The molecule has 0 bridgehead atoms. The van der Waals surface area contributed by atoms with Gasteiger partial charge in [-0.15, -0.1) is 5.10 Å². The molecule has 0 fully saturated rings. The van der Waals surface area contributed by atoms with Gasteiger partial charge in [-0.25, -0.2) is 18.4 Å². The Morgan fingerprint density at radius 1 is 1.11 bits per heavy atom. The first kappa shape index (κ1) is 23.3. The minimum Gasteiger partial charge on any atom is -0.460 e. The molecule has 0 spiro atoms. The fourth-order valence-corrected chi connectivity index (χ4v) is 4.09. The van der Waals surface area contributed by atoms with Crippen molar-refractivity contribution >= 4 is 11.6 Å². The van der Waals surface area contributed by atoms with E-state index in [1.807, 2.05) is 26.8 Å². The van der Waals surface area contributed by atoms with Crippen LogP contribution in [-0.4, -0.2) is 35.3 Å². The summed E-state index contributed by atoms with van der Waals surface area (Å²) in [5, 5.41) is 10.4. The van der Waals surface area contributed by atoms with Gasteiger partial charge in [0.1, 0.15) is 22.8 Å². The van der Waals surface area contributed by atoms with E-state index in [4.69, 9.17) is 4.42 Å². The average molecular weight is 492 g/mol. The molecule has 5 rings (SSSR count). The molecule has 0 aliphatic rings. The molecule has 0 unspecified atom stereocenters. The number of aryl methyl sites for hydroxylation is 3. The van der Waals surface area contributed by atoms with Gasteiger partial charge in [0.25, 0.3) is 12.3 Å². The van der Waals surface area contributed by atoms with Crippen molar-refractivity contribution in [2.24, 2.45) is 0 Å². The van der Waals surface area contributed by atoms with Crippen LogP contribution in [0.15, 0.2) is 53.5 Å². The molecule has 5 aromatic heterocycles. The summed E-state index contributed by atoms with van der Waals surface area (Å²) in [4.78, 5) is 22.0. The maximum absolute atomic E-state index is 13.7. The van der Waals surface area contributed by atoms with Gasteiger partial charge in [-0.1, -0.05) is 12.1 Å². The van der Waals surface area contributed by atoms with Crippen molar-refractivity contribution < 1.29 is 18.0 Å². The molecule has 36 heavy (non-hydrogen) atoms. The zero-order chi connectivity index (χ0) is 25.4. The Hall–Kier alpha value is -4.41. The van der Waals surface area contributed by atoms with E-state index < -0.39 is 18.0 Å². The number of furan rings is 1. The molecule has 0 radical (unpaired) electrons. The molecule has 5 heterocycles. The molecule has 1 N–H and O–H groups in total. The van der Waals surface area contributed by atoms with Crippen LogP contribution in [0.1, 0.15) is 52.0 Å². The minimum absolute atomic E-state index is 0.191. The van der Waals surface area contributed by atoms with E-state index in [-0.39, 0.29) is 17.8 Å². The van der Waals surface area contributed by atoms with E-state index in [2.05, 4.69) is 25.6 Å². The van der Waals surface area contributed by atoms with Crippen LogP contribution in [-0.2, 0) is 13.0 Å². The summed E-state index contributed by atoms with van der Waals surface area (Å²) in [7, 11) is 0. The third-order valence-electron chi connectivity index (χ3n) is 5.91. The van der Waals surface area contributed by atoms with Gasteiger partial charge in [-0.2, -0.15) is 0 Å². The van der Waals surface area contributed by atoms with Crippen LogP contribution in [0.3, 0.4) is 0 Å². The number of carbonyl (C=O) groups excluding carboxylic acids is 1. The highest BCUT2D eigenvalue weighted by Crippen LogP contribution is 2.29. The summed E-state index contributed by atoms with van der Waals surface area (Å²) in [6, 6.07) is 7.05. The Morgan fingerprint density at radius 2 is 1.94 bits per heavy atom. The second-order valence-corrected chi connectivity index (χ2v) is 8.36. The first-order chi connectivity index (χ1) is 17.4. The largest absolute Gasteiger partial charge is 0.460 e. The average Bonchev–Trinajstić information content (AvgIpc) is 3.61. The Labute approximate surface area is 204 Å².